The lowest BCUT2D eigenvalue weighted by molar-refractivity contribution is 0.0533. The first-order valence-corrected chi connectivity index (χ1v) is 5.08. The third-order valence-corrected chi connectivity index (χ3v) is 4.74. The molecule has 3 aliphatic rings. The molecule has 0 radical (unpaired) electrons. The van der Waals surface area contributed by atoms with Gasteiger partial charge in [0.25, 0.3) is 0 Å². The van der Waals surface area contributed by atoms with Crippen molar-refractivity contribution in [1.29, 1.82) is 0 Å². The summed E-state index contributed by atoms with van der Waals surface area (Å²) in [5.74, 6) is 1.64. The lowest BCUT2D eigenvalue weighted by Gasteiger charge is -2.60. The zero-order valence-corrected chi connectivity index (χ0v) is 6.82. The molecule has 0 aromatic rings. The summed E-state index contributed by atoms with van der Waals surface area (Å²) in [7, 11) is -0.596. The fraction of sp³-hybridized carbons (Fsp3) is 0.750. The van der Waals surface area contributed by atoms with E-state index in [1.54, 1.807) is 6.08 Å². The van der Waals surface area contributed by atoms with Crippen molar-refractivity contribution in [2.24, 2.45) is 5.92 Å². The van der Waals surface area contributed by atoms with Gasteiger partial charge in [-0.1, -0.05) is 6.08 Å². The third-order valence-electron chi connectivity index (χ3n) is 2.73. The van der Waals surface area contributed by atoms with Gasteiger partial charge in [0.2, 0.25) is 0 Å². The van der Waals surface area contributed by atoms with Crippen LogP contribution in [0.15, 0.2) is 12.7 Å². The van der Waals surface area contributed by atoms with Gasteiger partial charge in [0.1, 0.15) is 0 Å². The summed E-state index contributed by atoms with van der Waals surface area (Å²) in [5.41, 5.74) is 0. The van der Waals surface area contributed by atoms with E-state index in [1.165, 1.54) is 19.3 Å². The molecule has 0 heterocycles. The molecule has 2 heteroatoms. The molecule has 0 aliphatic heterocycles. The van der Waals surface area contributed by atoms with Crippen LogP contribution in [-0.2, 0) is 10.8 Å². The molecule has 3 fully saturated rings. The molecule has 0 N–H and O–H groups in total. The zero-order chi connectivity index (χ0) is 7.19. The predicted octanol–water partition coefficient (Wildman–Crippen LogP) is 1.47. The van der Waals surface area contributed by atoms with Gasteiger partial charge in [-0.3, -0.25) is 4.21 Å². The Morgan fingerprint density at radius 2 is 2.20 bits per heavy atom. The van der Waals surface area contributed by atoms with Crippen LogP contribution in [0.2, 0.25) is 0 Å². The Labute approximate surface area is 64.0 Å². The quantitative estimate of drug-likeness (QED) is 0.566. The molecule has 0 amide bonds. The first-order valence-electron chi connectivity index (χ1n) is 3.76. The van der Waals surface area contributed by atoms with Crippen molar-refractivity contribution in [3.05, 3.63) is 12.7 Å². The van der Waals surface area contributed by atoms with Crippen LogP contribution < -0.4 is 0 Å². The van der Waals surface area contributed by atoms with E-state index in [2.05, 4.69) is 6.58 Å². The SMILES string of the molecule is C=CCS(=O)C12CC(C1)C2. The summed E-state index contributed by atoms with van der Waals surface area (Å²) in [6.45, 7) is 3.60. The van der Waals surface area contributed by atoms with E-state index < -0.39 is 10.8 Å². The van der Waals surface area contributed by atoms with E-state index in [1.807, 2.05) is 0 Å². The summed E-state index contributed by atoms with van der Waals surface area (Å²) in [4.78, 5) is 0. The van der Waals surface area contributed by atoms with Crippen molar-refractivity contribution in [2.45, 2.75) is 24.0 Å². The minimum Gasteiger partial charge on any atom is -0.259 e. The van der Waals surface area contributed by atoms with E-state index >= 15 is 0 Å². The maximum absolute atomic E-state index is 11.4. The van der Waals surface area contributed by atoms with E-state index in [-0.39, 0.29) is 4.75 Å². The van der Waals surface area contributed by atoms with Gasteiger partial charge in [-0.05, 0) is 25.2 Å². The number of hydrogen-bond donors (Lipinski definition) is 0. The van der Waals surface area contributed by atoms with Crippen LogP contribution in [0.1, 0.15) is 19.3 Å². The van der Waals surface area contributed by atoms with Gasteiger partial charge in [0.15, 0.2) is 0 Å². The van der Waals surface area contributed by atoms with Crippen LogP contribution in [0.3, 0.4) is 0 Å². The molecule has 3 aliphatic carbocycles. The fourth-order valence-corrected chi connectivity index (χ4v) is 3.79. The third kappa shape index (κ3) is 0.656. The lowest BCUT2D eigenvalue weighted by Crippen LogP contribution is -2.61. The van der Waals surface area contributed by atoms with Crippen LogP contribution in [0.4, 0.5) is 0 Å². The van der Waals surface area contributed by atoms with Gasteiger partial charge in [0, 0.05) is 21.3 Å². The molecule has 0 saturated heterocycles. The summed E-state index contributed by atoms with van der Waals surface area (Å²) >= 11 is 0. The molecule has 56 valence electrons. The van der Waals surface area contributed by atoms with Crippen molar-refractivity contribution < 1.29 is 4.21 Å². The molecular weight excluding hydrogens is 144 g/mol. The molecule has 3 saturated carbocycles. The lowest BCUT2D eigenvalue weighted by atomic mass is 9.55. The molecule has 0 aromatic heterocycles. The van der Waals surface area contributed by atoms with Crippen LogP contribution in [0, 0.1) is 5.92 Å². The van der Waals surface area contributed by atoms with Crippen molar-refractivity contribution in [2.75, 3.05) is 5.75 Å². The van der Waals surface area contributed by atoms with E-state index in [0.717, 1.165) is 5.92 Å². The Morgan fingerprint density at radius 1 is 1.60 bits per heavy atom. The molecule has 1 atom stereocenters. The van der Waals surface area contributed by atoms with Gasteiger partial charge in [0.05, 0.1) is 0 Å². The second-order valence-electron chi connectivity index (χ2n) is 3.46. The second-order valence-corrected chi connectivity index (χ2v) is 5.35. The molecule has 1 unspecified atom stereocenters. The average Bonchev–Trinajstić information content (AvgIpc) is 1.56. The monoisotopic (exact) mass is 156 g/mol. The number of hydrogen-bond acceptors (Lipinski definition) is 1. The highest BCUT2D eigenvalue weighted by molar-refractivity contribution is 7.86. The Hall–Kier alpha value is -0.110. The maximum Gasteiger partial charge on any atom is 0.0470 e. The molecule has 1 nitrogen and oxygen atoms in total. The van der Waals surface area contributed by atoms with Crippen LogP contribution in [0.5, 0.6) is 0 Å². The van der Waals surface area contributed by atoms with Crippen LogP contribution >= 0.6 is 0 Å². The predicted molar refractivity (Wildman–Crippen MR) is 43.3 cm³/mol. The topological polar surface area (TPSA) is 17.1 Å². The Balaban J connectivity index is 1.98. The highest BCUT2D eigenvalue weighted by atomic mass is 32.2. The zero-order valence-electron chi connectivity index (χ0n) is 6.01. The molecular formula is C8H12OS. The largest absolute Gasteiger partial charge is 0.259 e. The standard InChI is InChI=1S/C8H12OS/c1-2-3-10(9)8-4-7(5-8)6-8/h2,7H,1,3-6H2. The molecule has 3 rings (SSSR count). The molecule has 2 bridgehead atoms. The van der Waals surface area contributed by atoms with Crippen molar-refractivity contribution >= 4 is 10.8 Å². The summed E-state index contributed by atoms with van der Waals surface area (Å²) < 4.78 is 11.7. The van der Waals surface area contributed by atoms with Crippen molar-refractivity contribution in [3.8, 4) is 0 Å². The molecule has 0 aromatic carbocycles. The first kappa shape index (κ1) is 6.59. The van der Waals surface area contributed by atoms with Gasteiger partial charge in [-0.15, -0.1) is 6.58 Å². The van der Waals surface area contributed by atoms with Gasteiger partial charge < -0.3 is 0 Å². The Kier molecular flexibility index (Phi) is 1.28. The fourth-order valence-electron chi connectivity index (χ4n) is 1.96. The van der Waals surface area contributed by atoms with Gasteiger partial charge in [-0.2, -0.15) is 0 Å². The van der Waals surface area contributed by atoms with Crippen LogP contribution in [0.25, 0.3) is 0 Å². The minimum atomic E-state index is -0.596. The van der Waals surface area contributed by atoms with Gasteiger partial charge in [-0.25, -0.2) is 0 Å². The smallest absolute Gasteiger partial charge is 0.0470 e. The van der Waals surface area contributed by atoms with Crippen LogP contribution in [-0.4, -0.2) is 14.7 Å². The van der Waals surface area contributed by atoms with Gasteiger partial charge >= 0.3 is 0 Å². The highest BCUT2D eigenvalue weighted by Crippen LogP contribution is 2.60. The molecule has 0 spiro atoms. The summed E-state index contributed by atoms with van der Waals surface area (Å²) in [5, 5.41) is 0. The minimum absolute atomic E-state index is 0.277. The van der Waals surface area contributed by atoms with Crippen molar-refractivity contribution in [3.63, 3.8) is 0 Å². The van der Waals surface area contributed by atoms with E-state index in [9.17, 15) is 4.21 Å². The summed E-state index contributed by atoms with van der Waals surface area (Å²) in [6, 6.07) is 0. The molecule has 10 heavy (non-hydrogen) atoms. The van der Waals surface area contributed by atoms with E-state index in [0.29, 0.717) is 5.75 Å². The maximum atomic E-state index is 11.4. The van der Waals surface area contributed by atoms with Crippen molar-refractivity contribution in [1.82, 2.24) is 0 Å². The highest BCUT2D eigenvalue weighted by Gasteiger charge is 2.59. The average molecular weight is 156 g/mol. The van der Waals surface area contributed by atoms with E-state index in [4.69, 9.17) is 0 Å². The normalized spacial score (nSPS) is 45.0. The first-order chi connectivity index (χ1) is 4.77. The Morgan fingerprint density at radius 3 is 2.50 bits per heavy atom. The summed E-state index contributed by atoms with van der Waals surface area (Å²) in [6.07, 6.45) is 5.46. The number of rotatable bonds is 3. The second kappa shape index (κ2) is 1.94. The Bertz CT molecular complexity index is 180.